The molecule has 12 rings (SSSR count). The van der Waals surface area contributed by atoms with Gasteiger partial charge < -0.3 is 0 Å². The summed E-state index contributed by atoms with van der Waals surface area (Å²) in [7, 11) is 4.37. The van der Waals surface area contributed by atoms with Gasteiger partial charge in [0.15, 0.2) is 5.78 Å². The third-order valence-corrected chi connectivity index (χ3v) is 13.0. The number of hydrogen-bond acceptors (Lipinski definition) is 1. The van der Waals surface area contributed by atoms with Gasteiger partial charge in [0.05, 0.1) is 10.8 Å². The largest absolute Gasteiger partial charge is 0.289 e. The molecule has 0 N–H and O–H groups in total. The molecular weight excluding hydrogens is 650 g/mol. The zero-order valence-corrected chi connectivity index (χ0v) is 30.1. The van der Waals surface area contributed by atoms with Crippen molar-refractivity contribution < 1.29 is 4.79 Å². The molecule has 0 radical (unpaired) electrons. The van der Waals surface area contributed by atoms with E-state index in [1.807, 2.05) is 6.07 Å². The van der Waals surface area contributed by atoms with Crippen LogP contribution in [0.3, 0.4) is 0 Å². The molecule has 0 aliphatic heterocycles. The lowest BCUT2D eigenvalue weighted by atomic mass is 9.68. The van der Waals surface area contributed by atoms with Crippen LogP contribution in [0, 0.1) is 0 Å². The first-order valence-corrected chi connectivity index (χ1v) is 19.0. The van der Waals surface area contributed by atoms with Crippen molar-refractivity contribution in [2.24, 2.45) is 0 Å². The molecule has 0 aromatic heterocycles. The molecule has 4 aliphatic carbocycles. The summed E-state index contributed by atoms with van der Waals surface area (Å²) in [5.74, 6) is 0.0457. The molecule has 0 saturated carbocycles. The molecule has 248 valence electrons. The van der Waals surface area contributed by atoms with Crippen LogP contribution in [-0.2, 0) is 10.8 Å². The van der Waals surface area contributed by atoms with Crippen molar-refractivity contribution >= 4 is 32.4 Å². The molecule has 1 nitrogen and oxygen atoms in total. The fourth-order valence-corrected chi connectivity index (χ4v) is 11.0. The summed E-state index contributed by atoms with van der Waals surface area (Å²) in [4.78, 5) is 15.1. The van der Waals surface area contributed by atoms with Crippen LogP contribution in [-0.4, -0.2) is 21.5 Å². The van der Waals surface area contributed by atoms with Crippen LogP contribution in [0.25, 0.3) is 44.5 Å². The zero-order valence-electron chi connectivity index (χ0n) is 30.1. The SMILES string of the molecule is Bc1ccc2c(c1)C1(c3ccccc3-c3ccc(C(=O)c4ccc5c(c4)C4(c6ccccc6-c6ccccc64)c4ccccc4-5)cc31)c1cc(B)ccc1-2. The first-order valence-electron chi connectivity index (χ1n) is 19.0. The number of ketones is 1. The predicted molar refractivity (Wildman–Crippen MR) is 225 cm³/mol. The smallest absolute Gasteiger partial charge is 0.193 e. The Morgan fingerprint density at radius 1 is 0.315 bits per heavy atom. The van der Waals surface area contributed by atoms with Crippen LogP contribution >= 0.6 is 0 Å². The summed E-state index contributed by atoms with van der Waals surface area (Å²) in [6.45, 7) is 0. The fourth-order valence-electron chi connectivity index (χ4n) is 11.0. The number of fused-ring (bicyclic) bond motifs is 20. The van der Waals surface area contributed by atoms with Crippen molar-refractivity contribution in [2.45, 2.75) is 10.8 Å². The summed E-state index contributed by atoms with van der Waals surface area (Å²) in [6, 6.07) is 62.0. The Labute approximate surface area is 316 Å². The molecule has 8 aromatic carbocycles. The molecule has 0 atom stereocenters. The van der Waals surface area contributed by atoms with E-state index in [0.717, 1.165) is 0 Å². The molecule has 3 heteroatoms. The summed E-state index contributed by atoms with van der Waals surface area (Å²) in [6.07, 6.45) is 0. The van der Waals surface area contributed by atoms with E-state index in [1.165, 1.54) is 99.9 Å². The zero-order chi connectivity index (χ0) is 35.9. The molecule has 8 aromatic rings. The predicted octanol–water partition coefficient (Wildman–Crippen LogP) is 8.12. The van der Waals surface area contributed by atoms with Gasteiger partial charge in [-0.2, -0.15) is 0 Å². The second-order valence-electron chi connectivity index (χ2n) is 15.6. The summed E-state index contributed by atoms with van der Waals surface area (Å²) < 4.78 is 0. The monoisotopic (exact) mass is 682 g/mol. The van der Waals surface area contributed by atoms with Crippen LogP contribution < -0.4 is 10.9 Å². The highest BCUT2D eigenvalue weighted by molar-refractivity contribution is 6.33. The maximum atomic E-state index is 15.1. The van der Waals surface area contributed by atoms with Gasteiger partial charge in [-0.25, -0.2) is 0 Å². The van der Waals surface area contributed by atoms with Gasteiger partial charge in [-0.15, -0.1) is 0 Å². The molecule has 2 spiro atoms. The molecule has 4 aliphatic rings. The van der Waals surface area contributed by atoms with Gasteiger partial charge in [-0.1, -0.05) is 169 Å². The molecular formula is C51H32B2O. The fraction of sp³-hybridized carbons (Fsp3) is 0.0392. The van der Waals surface area contributed by atoms with Crippen LogP contribution in [0.5, 0.6) is 0 Å². The number of rotatable bonds is 2. The number of hydrogen-bond donors (Lipinski definition) is 0. The van der Waals surface area contributed by atoms with Crippen molar-refractivity contribution in [3.63, 3.8) is 0 Å². The molecule has 0 saturated heterocycles. The lowest BCUT2D eigenvalue weighted by molar-refractivity contribution is 0.103. The molecule has 0 bridgehead atoms. The number of carbonyl (C=O) groups is 1. The van der Waals surface area contributed by atoms with Gasteiger partial charge >= 0.3 is 0 Å². The van der Waals surface area contributed by atoms with E-state index in [9.17, 15) is 0 Å². The van der Waals surface area contributed by atoms with Crippen molar-refractivity contribution in [1.82, 2.24) is 0 Å². The van der Waals surface area contributed by atoms with Gasteiger partial charge in [0.25, 0.3) is 0 Å². The first-order chi connectivity index (χ1) is 26.5. The minimum atomic E-state index is -0.508. The quantitative estimate of drug-likeness (QED) is 0.133. The standard InChI is InChI=1S/C51H32B2O/c52-31-19-23-39-40-24-20-32(53)28-48(40)51(47(39)27-31)44-16-8-4-12-36(44)38-22-18-30(26-46(38)51)49(54)29-17-21-37-35-11-3-7-15-43(35)50(45(37)25-29)41-13-5-1-9-33(41)34-10-2-6-14-42(34)50/h1-28H,52-53H2. The van der Waals surface area contributed by atoms with Gasteiger partial charge in [0.2, 0.25) is 0 Å². The van der Waals surface area contributed by atoms with E-state index in [-0.39, 0.29) is 5.78 Å². The number of carbonyl (C=O) groups excluding carboxylic acids is 1. The van der Waals surface area contributed by atoms with E-state index in [1.54, 1.807) is 0 Å². The summed E-state index contributed by atoms with van der Waals surface area (Å²) in [5.41, 5.74) is 22.9. The Hall–Kier alpha value is -6.44. The maximum Gasteiger partial charge on any atom is 0.193 e. The Morgan fingerprint density at radius 3 is 0.963 bits per heavy atom. The highest BCUT2D eigenvalue weighted by Gasteiger charge is 2.53. The van der Waals surface area contributed by atoms with Crippen molar-refractivity contribution in [3.8, 4) is 44.5 Å². The average Bonchev–Trinajstić information content (AvgIpc) is 3.88. The molecule has 0 amide bonds. The second-order valence-corrected chi connectivity index (χ2v) is 15.6. The maximum absolute atomic E-state index is 15.1. The first kappa shape index (κ1) is 30.1. The minimum absolute atomic E-state index is 0.0457. The van der Waals surface area contributed by atoms with Crippen LogP contribution in [0.4, 0.5) is 0 Å². The minimum Gasteiger partial charge on any atom is -0.289 e. The normalized spacial score (nSPS) is 14.8. The molecule has 0 fully saturated rings. The molecule has 0 unspecified atom stereocenters. The topological polar surface area (TPSA) is 17.1 Å². The van der Waals surface area contributed by atoms with Crippen molar-refractivity contribution in [3.05, 3.63) is 225 Å². The Morgan fingerprint density at radius 2 is 0.593 bits per heavy atom. The van der Waals surface area contributed by atoms with E-state index < -0.39 is 10.8 Å². The third kappa shape index (κ3) is 3.47. The Kier molecular flexibility index (Phi) is 5.77. The third-order valence-electron chi connectivity index (χ3n) is 13.0. The lowest BCUT2D eigenvalue weighted by Crippen LogP contribution is -2.28. The van der Waals surface area contributed by atoms with Gasteiger partial charge in [0.1, 0.15) is 15.7 Å². The van der Waals surface area contributed by atoms with E-state index in [2.05, 4.69) is 179 Å². The summed E-state index contributed by atoms with van der Waals surface area (Å²) in [5, 5.41) is 0. The van der Waals surface area contributed by atoms with E-state index in [4.69, 9.17) is 0 Å². The van der Waals surface area contributed by atoms with Crippen LogP contribution in [0.15, 0.2) is 170 Å². The Balaban J connectivity index is 1.08. The number of benzene rings is 8. The van der Waals surface area contributed by atoms with E-state index >= 15 is 4.79 Å². The highest BCUT2D eigenvalue weighted by atomic mass is 16.1. The lowest BCUT2D eigenvalue weighted by Gasteiger charge is -2.31. The van der Waals surface area contributed by atoms with Crippen molar-refractivity contribution in [1.29, 1.82) is 0 Å². The van der Waals surface area contributed by atoms with Gasteiger partial charge in [-0.3, -0.25) is 4.79 Å². The van der Waals surface area contributed by atoms with E-state index in [0.29, 0.717) is 11.1 Å². The summed E-state index contributed by atoms with van der Waals surface area (Å²) >= 11 is 0. The molecule has 0 heterocycles. The van der Waals surface area contributed by atoms with Crippen LogP contribution in [0.1, 0.15) is 60.4 Å². The van der Waals surface area contributed by atoms with Crippen LogP contribution in [0.2, 0.25) is 0 Å². The van der Waals surface area contributed by atoms with Crippen molar-refractivity contribution in [2.75, 3.05) is 0 Å². The highest BCUT2D eigenvalue weighted by Crippen LogP contribution is 2.64. The Bertz CT molecular complexity index is 2890. The van der Waals surface area contributed by atoms with Gasteiger partial charge in [-0.05, 0) is 101 Å². The molecule has 54 heavy (non-hydrogen) atoms. The second kappa shape index (κ2) is 10.4. The van der Waals surface area contributed by atoms with Gasteiger partial charge in [0, 0.05) is 11.1 Å². The average molecular weight is 682 g/mol.